The molecule has 0 bridgehead atoms. The number of anilines is 2. The molecule has 0 amide bonds. The van der Waals surface area contributed by atoms with Crippen LogP contribution < -0.4 is 10.6 Å². The maximum Gasteiger partial charge on any atom is 0.152 e. The molecule has 0 aliphatic heterocycles. The van der Waals surface area contributed by atoms with Gasteiger partial charge in [0.15, 0.2) is 11.4 Å². The van der Waals surface area contributed by atoms with E-state index in [4.69, 9.17) is 0 Å². The Hall–Kier alpha value is -2.28. The highest BCUT2D eigenvalue weighted by Crippen LogP contribution is 2.19. The minimum absolute atomic E-state index is 0.160. The van der Waals surface area contributed by atoms with Crippen LogP contribution in [0.1, 0.15) is 0 Å². The van der Waals surface area contributed by atoms with Crippen LogP contribution in [0.2, 0.25) is 0 Å². The molecule has 2 aromatic carbocycles. The van der Waals surface area contributed by atoms with Gasteiger partial charge in [-0.3, -0.25) is 0 Å². The van der Waals surface area contributed by atoms with Gasteiger partial charge in [-0.2, -0.15) is 10.5 Å². The monoisotopic (exact) mass is 416 g/mol. The van der Waals surface area contributed by atoms with Gasteiger partial charge in [0.1, 0.15) is 12.1 Å². The number of nitrogens with one attached hydrogen (secondary N) is 2. The molecule has 2 rings (SSSR count). The molecule has 0 spiro atoms. The molecule has 0 saturated carbocycles. The Bertz CT molecular complexity index is 698. The maximum atomic E-state index is 9.29. The van der Waals surface area contributed by atoms with Crippen molar-refractivity contribution in [2.45, 2.75) is 0 Å². The first-order valence-corrected chi connectivity index (χ1v) is 7.80. The van der Waals surface area contributed by atoms with Crippen LogP contribution in [-0.4, -0.2) is 0 Å². The van der Waals surface area contributed by atoms with Crippen LogP contribution in [-0.2, 0) is 0 Å². The topological polar surface area (TPSA) is 71.6 Å². The van der Waals surface area contributed by atoms with Crippen molar-refractivity contribution in [1.82, 2.24) is 0 Å². The van der Waals surface area contributed by atoms with Gasteiger partial charge in [-0.05, 0) is 48.5 Å². The molecule has 0 aliphatic rings. The lowest BCUT2D eigenvalue weighted by Gasteiger charge is -2.09. The van der Waals surface area contributed by atoms with Crippen LogP contribution in [0.15, 0.2) is 68.9 Å². The van der Waals surface area contributed by atoms with Crippen LogP contribution in [0.4, 0.5) is 11.4 Å². The lowest BCUT2D eigenvalue weighted by molar-refractivity contribution is 1.33. The minimum Gasteiger partial charge on any atom is -0.344 e. The summed E-state index contributed by atoms with van der Waals surface area (Å²) in [5.74, 6) is 0. The molecule has 0 aromatic heterocycles. The summed E-state index contributed by atoms with van der Waals surface area (Å²) in [6.45, 7) is 0. The molecule has 2 N–H and O–H groups in total. The molecule has 0 unspecified atom stereocenters. The smallest absolute Gasteiger partial charge is 0.152 e. The third-order valence-electron chi connectivity index (χ3n) is 2.70. The molecule has 6 heteroatoms. The van der Waals surface area contributed by atoms with E-state index in [1.165, 1.54) is 0 Å². The van der Waals surface area contributed by atoms with E-state index >= 15 is 0 Å². The van der Waals surface area contributed by atoms with Crippen molar-refractivity contribution in [3.63, 3.8) is 0 Å². The number of benzene rings is 2. The summed E-state index contributed by atoms with van der Waals surface area (Å²) in [5, 5.41) is 24.5. The number of hydrogen-bond donors (Lipinski definition) is 2. The van der Waals surface area contributed by atoms with Gasteiger partial charge in [0.2, 0.25) is 0 Å². The van der Waals surface area contributed by atoms with Crippen molar-refractivity contribution in [1.29, 1.82) is 10.5 Å². The van der Waals surface area contributed by atoms with E-state index in [1.54, 1.807) is 0 Å². The Balaban J connectivity index is 2.25. The van der Waals surface area contributed by atoms with E-state index in [1.807, 2.05) is 60.7 Å². The van der Waals surface area contributed by atoms with Gasteiger partial charge in [-0.1, -0.05) is 31.9 Å². The second kappa shape index (κ2) is 7.65. The Labute approximate surface area is 145 Å². The molecular formula is C16H10Br2N4. The van der Waals surface area contributed by atoms with E-state index in [2.05, 4.69) is 42.5 Å². The van der Waals surface area contributed by atoms with Crippen LogP contribution in [0.3, 0.4) is 0 Å². The Kier molecular flexibility index (Phi) is 5.60. The van der Waals surface area contributed by atoms with Crippen molar-refractivity contribution in [3.8, 4) is 12.1 Å². The maximum absolute atomic E-state index is 9.29. The quantitative estimate of drug-likeness (QED) is 0.687. The fourth-order valence-electron chi connectivity index (χ4n) is 1.65. The average Bonchev–Trinajstić information content (AvgIpc) is 2.54. The lowest BCUT2D eigenvalue weighted by atomic mass is 10.2. The third-order valence-corrected chi connectivity index (χ3v) is 3.76. The highest BCUT2D eigenvalue weighted by molar-refractivity contribution is 9.10. The molecule has 0 heterocycles. The zero-order valence-corrected chi connectivity index (χ0v) is 14.4. The van der Waals surface area contributed by atoms with Gasteiger partial charge in [0.05, 0.1) is 0 Å². The average molecular weight is 418 g/mol. The number of nitrogens with zero attached hydrogens (tertiary/aromatic N) is 2. The van der Waals surface area contributed by atoms with Crippen molar-refractivity contribution in [3.05, 3.63) is 68.9 Å². The van der Waals surface area contributed by atoms with Gasteiger partial charge in [0, 0.05) is 20.3 Å². The first-order chi connectivity index (χ1) is 10.6. The predicted molar refractivity (Wildman–Crippen MR) is 93.8 cm³/mol. The van der Waals surface area contributed by atoms with Crippen molar-refractivity contribution in [2.24, 2.45) is 0 Å². The van der Waals surface area contributed by atoms with Gasteiger partial charge in [-0.25, -0.2) is 0 Å². The standard InChI is InChI=1S/C16H10Br2N4/c17-11-1-5-13(6-2-11)21-15(9-19)16(10-20)22-14-7-3-12(18)4-8-14/h1-8,21-22H/b16-15-. The predicted octanol–water partition coefficient (Wildman–Crippen LogP) is 4.99. The number of halogens is 2. The molecule has 4 nitrogen and oxygen atoms in total. The number of allylic oxidation sites excluding steroid dienone is 2. The zero-order valence-electron chi connectivity index (χ0n) is 11.3. The summed E-state index contributed by atoms with van der Waals surface area (Å²) in [4.78, 5) is 0. The summed E-state index contributed by atoms with van der Waals surface area (Å²) in [5.41, 5.74) is 1.77. The molecule has 0 fully saturated rings. The fraction of sp³-hybridized carbons (Fsp3) is 0. The van der Waals surface area contributed by atoms with Crippen molar-refractivity contribution < 1.29 is 0 Å². The second-order valence-electron chi connectivity index (χ2n) is 4.24. The van der Waals surface area contributed by atoms with E-state index in [-0.39, 0.29) is 11.4 Å². The SMILES string of the molecule is N#C/C(Nc1ccc(Br)cc1)=C(\C#N)Nc1ccc(Br)cc1. The third kappa shape index (κ3) is 4.36. The van der Waals surface area contributed by atoms with E-state index in [0.717, 1.165) is 20.3 Å². The largest absolute Gasteiger partial charge is 0.344 e. The summed E-state index contributed by atoms with van der Waals surface area (Å²) in [7, 11) is 0. The van der Waals surface area contributed by atoms with Crippen LogP contribution in [0.5, 0.6) is 0 Å². The number of hydrogen-bond acceptors (Lipinski definition) is 4. The summed E-state index contributed by atoms with van der Waals surface area (Å²) >= 11 is 6.70. The number of rotatable bonds is 4. The first-order valence-electron chi connectivity index (χ1n) is 6.22. The van der Waals surface area contributed by atoms with Crippen molar-refractivity contribution >= 4 is 43.2 Å². The fourth-order valence-corrected chi connectivity index (χ4v) is 2.18. The van der Waals surface area contributed by atoms with Crippen LogP contribution >= 0.6 is 31.9 Å². The summed E-state index contributed by atoms with van der Waals surface area (Å²) in [6, 6.07) is 18.7. The Morgan fingerprint density at radius 1 is 0.682 bits per heavy atom. The van der Waals surface area contributed by atoms with E-state index in [9.17, 15) is 10.5 Å². The van der Waals surface area contributed by atoms with Gasteiger partial charge in [0.25, 0.3) is 0 Å². The van der Waals surface area contributed by atoms with E-state index < -0.39 is 0 Å². The van der Waals surface area contributed by atoms with Gasteiger partial charge < -0.3 is 10.6 Å². The normalized spacial score (nSPS) is 10.9. The van der Waals surface area contributed by atoms with Crippen molar-refractivity contribution in [2.75, 3.05) is 10.6 Å². The number of nitriles is 2. The second-order valence-corrected chi connectivity index (χ2v) is 6.07. The van der Waals surface area contributed by atoms with Gasteiger partial charge >= 0.3 is 0 Å². The minimum atomic E-state index is 0.160. The lowest BCUT2D eigenvalue weighted by Crippen LogP contribution is -2.07. The molecular weight excluding hydrogens is 408 g/mol. The molecule has 2 aromatic rings. The molecule has 0 aliphatic carbocycles. The molecule has 0 saturated heterocycles. The summed E-state index contributed by atoms with van der Waals surface area (Å²) in [6.07, 6.45) is 0. The molecule has 108 valence electrons. The Morgan fingerprint density at radius 2 is 1.00 bits per heavy atom. The molecule has 22 heavy (non-hydrogen) atoms. The highest BCUT2D eigenvalue weighted by Gasteiger charge is 2.07. The van der Waals surface area contributed by atoms with Crippen LogP contribution in [0, 0.1) is 22.7 Å². The first kappa shape index (κ1) is 16.1. The summed E-state index contributed by atoms with van der Waals surface area (Å²) < 4.78 is 1.88. The highest BCUT2D eigenvalue weighted by atomic mass is 79.9. The zero-order chi connectivity index (χ0) is 15.9. The van der Waals surface area contributed by atoms with E-state index in [0.29, 0.717) is 0 Å². The van der Waals surface area contributed by atoms with Gasteiger partial charge in [-0.15, -0.1) is 0 Å². The molecule has 0 radical (unpaired) electrons. The molecule has 0 atom stereocenters. The Morgan fingerprint density at radius 3 is 1.27 bits per heavy atom. The van der Waals surface area contributed by atoms with Crippen LogP contribution in [0.25, 0.3) is 0 Å².